The van der Waals surface area contributed by atoms with Crippen molar-refractivity contribution in [2.75, 3.05) is 26.2 Å². The summed E-state index contributed by atoms with van der Waals surface area (Å²) in [5.41, 5.74) is 7.98. The van der Waals surface area contributed by atoms with E-state index < -0.39 is 6.04 Å². The lowest BCUT2D eigenvalue weighted by atomic mass is 9.92. The first-order chi connectivity index (χ1) is 18.2. The molecule has 3 heterocycles. The van der Waals surface area contributed by atoms with Gasteiger partial charge < -0.3 is 25.0 Å². The summed E-state index contributed by atoms with van der Waals surface area (Å²) < 4.78 is 26.3. The van der Waals surface area contributed by atoms with Gasteiger partial charge in [-0.05, 0) is 82.1 Å². The van der Waals surface area contributed by atoms with Crippen LogP contribution >= 0.6 is 0 Å². The molecular weight excluding hydrogens is 487 g/mol. The summed E-state index contributed by atoms with van der Waals surface area (Å²) in [6.45, 7) is 8.47. The van der Waals surface area contributed by atoms with Crippen molar-refractivity contribution in [3.05, 3.63) is 47.9 Å². The first kappa shape index (κ1) is 27.8. The predicted octanol–water partition coefficient (Wildman–Crippen LogP) is 4.40. The number of aromatic nitrogens is 1. The van der Waals surface area contributed by atoms with E-state index in [1.807, 2.05) is 32.9 Å². The predicted molar refractivity (Wildman–Crippen MR) is 143 cm³/mol. The SMILES string of the molecule is CC(C)OC(=O)N1CCC(C(C)Oc2ccc(-c3ccc(CC(N)C(=O)N4CCCC4)c(F)c3)cn2)CC1. The Labute approximate surface area is 224 Å². The van der Waals surface area contributed by atoms with Crippen LogP contribution in [-0.4, -0.2) is 71.2 Å². The summed E-state index contributed by atoms with van der Waals surface area (Å²) in [5, 5.41) is 0. The van der Waals surface area contributed by atoms with Crippen molar-refractivity contribution in [1.29, 1.82) is 0 Å². The van der Waals surface area contributed by atoms with Crippen molar-refractivity contribution < 1.29 is 23.5 Å². The number of piperidine rings is 1. The number of amides is 2. The number of nitrogens with two attached hydrogens (primary N) is 1. The second-order valence-electron chi connectivity index (χ2n) is 10.6. The molecule has 2 unspecified atom stereocenters. The monoisotopic (exact) mass is 526 g/mol. The van der Waals surface area contributed by atoms with Gasteiger partial charge in [0, 0.05) is 44.0 Å². The highest BCUT2D eigenvalue weighted by atomic mass is 19.1. The summed E-state index contributed by atoms with van der Waals surface area (Å²) in [7, 11) is 0. The maximum absolute atomic E-state index is 14.9. The molecule has 2 N–H and O–H groups in total. The normalized spacial score (nSPS) is 17.9. The van der Waals surface area contributed by atoms with Crippen LogP contribution in [0.4, 0.5) is 9.18 Å². The van der Waals surface area contributed by atoms with Crippen molar-refractivity contribution in [3.63, 3.8) is 0 Å². The Bertz CT molecular complexity index is 1100. The van der Waals surface area contributed by atoms with Gasteiger partial charge in [-0.15, -0.1) is 0 Å². The number of ether oxygens (including phenoxy) is 2. The molecule has 2 amide bonds. The molecule has 0 aliphatic carbocycles. The number of benzene rings is 1. The molecule has 2 fully saturated rings. The van der Waals surface area contributed by atoms with Crippen molar-refractivity contribution in [1.82, 2.24) is 14.8 Å². The van der Waals surface area contributed by atoms with Crippen molar-refractivity contribution in [3.8, 4) is 17.0 Å². The molecule has 2 aliphatic rings. The smallest absolute Gasteiger partial charge is 0.410 e. The minimum atomic E-state index is -0.741. The van der Waals surface area contributed by atoms with Gasteiger partial charge in [0.1, 0.15) is 11.9 Å². The Morgan fingerprint density at radius 1 is 1.03 bits per heavy atom. The number of rotatable bonds is 8. The van der Waals surface area contributed by atoms with Crippen LogP contribution in [0.1, 0.15) is 52.0 Å². The largest absolute Gasteiger partial charge is 0.474 e. The second-order valence-corrected chi connectivity index (χ2v) is 10.6. The summed E-state index contributed by atoms with van der Waals surface area (Å²) in [6, 6.07) is 7.88. The molecule has 38 heavy (non-hydrogen) atoms. The molecule has 2 aromatic rings. The number of likely N-dealkylation sites (tertiary alicyclic amines) is 2. The molecule has 8 nitrogen and oxygen atoms in total. The van der Waals surface area contributed by atoms with Gasteiger partial charge in [0.05, 0.1) is 12.1 Å². The number of carbonyl (C=O) groups excluding carboxylic acids is 2. The van der Waals surface area contributed by atoms with Crippen molar-refractivity contribution in [2.24, 2.45) is 11.7 Å². The molecule has 206 valence electrons. The lowest BCUT2D eigenvalue weighted by Gasteiger charge is -2.34. The maximum Gasteiger partial charge on any atom is 0.410 e. The van der Waals surface area contributed by atoms with Crippen LogP contribution < -0.4 is 10.5 Å². The van der Waals surface area contributed by atoms with Gasteiger partial charge in [-0.3, -0.25) is 4.79 Å². The molecule has 0 spiro atoms. The fraction of sp³-hybridized carbons (Fsp3) is 0.552. The zero-order valence-electron chi connectivity index (χ0n) is 22.6. The lowest BCUT2D eigenvalue weighted by molar-refractivity contribution is -0.131. The summed E-state index contributed by atoms with van der Waals surface area (Å²) in [4.78, 5) is 32.5. The average Bonchev–Trinajstić information content (AvgIpc) is 3.44. The highest BCUT2D eigenvalue weighted by Crippen LogP contribution is 2.27. The van der Waals surface area contributed by atoms with Crippen LogP contribution in [0.2, 0.25) is 0 Å². The second kappa shape index (κ2) is 12.6. The van der Waals surface area contributed by atoms with Gasteiger partial charge in [-0.2, -0.15) is 0 Å². The third-order valence-electron chi connectivity index (χ3n) is 7.40. The van der Waals surface area contributed by atoms with E-state index in [9.17, 15) is 14.0 Å². The molecule has 1 aromatic carbocycles. The molecule has 0 saturated carbocycles. The molecule has 0 bridgehead atoms. The van der Waals surface area contributed by atoms with Gasteiger partial charge in [0.15, 0.2) is 0 Å². The quantitative estimate of drug-likeness (QED) is 0.547. The Kier molecular flexibility index (Phi) is 9.20. The number of carbonyl (C=O) groups is 2. The fourth-order valence-electron chi connectivity index (χ4n) is 5.12. The first-order valence-electron chi connectivity index (χ1n) is 13.6. The summed E-state index contributed by atoms with van der Waals surface area (Å²) in [6.07, 6.45) is 5.07. The van der Waals surface area contributed by atoms with Crippen LogP contribution in [0.3, 0.4) is 0 Å². The van der Waals surface area contributed by atoms with Gasteiger partial charge in [0.25, 0.3) is 0 Å². The van der Waals surface area contributed by atoms with E-state index in [0.717, 1.165) is 44.3 Å². The van der Waals surface area contributed by atoms with E-state index >= 15 is 0 Å². The van der Waals surface area contributed by atoms with Gasteiger partial charge in [-0.1, -0.05) is 12.1 Å². The molecule has 2 saturated heterocycles. The third-order valence-corrected chi connectivity index (χ3v) is 7.40. The summed E-state index contributed by atoms with van der Waals surface area (Å²) >= 11 is 0. The van der Waals surface area contributed by atoms with Crippen LogP contribution in [-0.2, 0) is 16.0 Å². The highest BCUT2D eigenvalue weighted by Gasteiger charge is 2.29. The molecule has 9 heteroatoms. The maximum atomic E-state index is 14.9. The number of hydrogen-bond acceptors (Lipinski definition) is 6. The fourth-order valence-corrected chi connectivity index (χ4v) is 5.12. The Morgan fingerprint density at radius 3 is 2.32 bits per heavy atom. The van der Waals surface area contributed by atoms with Crippen LogP contribution in [0, 0.1) is 11.7 Å². The Hall–Kier alpha value is -3.20. The van der Waals surface area contributed by atoms with Crippen LogP contribution in [0.5, 0.6) is 5.88 Å². The molecule has 4 rings (SSSR count). The molecule has 2 aliphatic heterocycles. The molecule has 2 atom stereocenters. The Balaban J connectivity index is 1.29. The van der Waals surface area contributed by atoms with E-state index in [1.54, 1.807) is 28.1 Å². The minimum absolute atomic E-state index is 0.0548. The van der Waals surface area contributed by atoms with E-state index in [-0.39, 0.29) is 36.4 Å². The zero-order chi connectivity index (χ0) is 27.2. The number of hydrogen-bond donors (Lipinski definition) is 1. The third kappa shape index (κ3) is 7.01. The van der Waals surface area contributed by atoms with Crippen molar-refractivity contribution in [2.45, 2.75) is 71.1 Å². The van der Waals surface area contributed by atoms with Gasteiger partial charge in [-0.25, -0.2) is 14.2 Å². The molecular formula is C29H39FN4O4. The van der Waals surface area contributed by atoms with E-state index in [2.05, 4.69) is 4.98 Å². The van der Waals surface area contributed by atoms with Gasteiger partial charge in [0.2, 0.25) is 11.8 Å². The summed E-state index contributed by atoms with van der Waals surface area (Å²) in [5.74, 6) is 0.320. The molecule has 0 radical (unpaired) electrons. The average molecular weight is 527 g/mol. The lowest BCUT2D eigenvalue weighted by Crippen LogP contribution is -2.43. The van der Waals surface area contributed by atoms with Crippen LogP contribution in [0.15, 0.2) is 36.5 Å². The number of pyridine rings is 1. The number of nitrogens with zero attached hydrogens (tertiary/aromatic N) is 3. The van der Waals surface area contributed by atoms with E-state index in [0.29, 0.717) is 36.0 Å². The molecule has 1 aromatic heterocycles. The highest BCUT2D eigenvalue weighted by molar-refractivity contribution is 5.82. The van der Waals surface area contributed by atoms with E-state index in [4.69, 9.17) is 15.2 Å². The van der Waals surface area contributed by atoms with Crippen LogP contribution in [0.25, 0.3) is 11.1 Å². The Morgan fingerprint density at radius 2 is 1.71 bits per heavy atom. The van der Waals surface area contributed by atoms with Crippen molar-refractivity contribution >= 4 is 12.0 Å². The number of halogens is 1. The standard InChI is InChI=1S/C29H39FN4O4/c1-19(2)37-29(36)34-14-10-21(11-15-34)20(3)38-27-9-8-24(18-32-27)22-6-7-23(25(30)16-22)17-26(31)28(35)33-12-4-5-13-33/h6-9,16,18-21,26H,4-5,10-15,17,31H2,1-3H3. The topological polar surface area (TPSA) is 98.0 Å². The minimum Gasteiger partial charge on any atom is -0.474 e. The zero-order valence-corrected chi connectivity index (χ0v) is 22.6. The first-order valence-corrected chi connectivity index (χ1v) is 13.6. The van der Waals surface area contributed by atoms with E-state index in [1.165, 1.54) is 6.07 Å². The van der Waals surface area contributed by atoms with Gasteiger partial charge >= 0.3 is 6.09 Å².